The number of hydrogen-bond acceptors (Lipinski definition) is 2. The lowest BCUT2D eigenvalue weighted by Crippen LogP contribution is -2.38. The summed E-state index contributed by atoms with van der Waals surface area (Å²) in [5.41, 5.74) is 0. The number of rotatable bonds is 6. The average Bonchev–Trinajstić information content (AvgIpc) is 3.24. The van der Waals surface area contributed by atoms with Crippen molar-refractivity contribution >= 4 is 5.91 Å². The molecule has 0 aliphatic heterocycles. The van der Waals surface area contributed by atoms with Crippen LogP contribution in [0.4, 0.5) is 0 Å². The molecule has 17 heavy (non-hydrogen) atoms. The zero-order valence-electron chi connectivity index (χ0n) is 10.0. The van der Waals surface area contributed by atoms with Gasteiger partial charge in [0.05, 0.1) is 6.26 Å². The number of nitrogens with one attached hydrogen (secondary N) is 1. The van der Waals surface area contributed by atoms with Crippen LogP contribution in [0.15, 0.2) is 22.8 Å². The highest BCUT2D eigenvalue weighted by atomic mass is 16.3. The second-order valence-electron chi connectivity index (χ2n) is 5.35. The highest BCUT2D eigenvalue weighted by Crippen LogP contribution is 2.44. The molecule has 1 N–H and O–H groups in total. The largest absolute Gasteiger partial charge is 0.469 e. The molecule has 1 aromatic heterocycles. The predicted octanol–water partition coefficient (Wildman–Crippen LogP) is 2.52. The first-order valence-corrected chi connectivity index (χ1v) is 6.64. The van der Waals surface area contributed by atoms with Crippen LogP contribution in [0.1, 0.15) is 37.9 Å². The van der Waals surface area contributed by atoms with Gasteiger partial charge in [-0.05, 0) is 49.7 Å². The first-order chi connectivity index (χ1) is 8.33. The molecule has 0 atom stereocenters. The van der Waals surface area contributed by atoms with Crippen LogP contribution in [0.3, 0.4) is 0 Å². The third-order valence-electron chi connectivity index (χ3n) is 3.77. The molecule has 1 heterocycles. The zero-order valence-corrected chi connectivity index (χ0v) is 10.0. The van der Waals surface area contributed by atoms with Crippen LogP contribution in [0.5, 0.6) is 0 Å². The number of furan rings is 1. The summed E-state index contributed by atoms with van der Waals surface area (Å²) in [6, 6.07) is 4.26. The van der Waals surface area contributed by atoms with Gasteiger partial charge in [-0.2, -0.15) is 0 Å². The number of aryl methyl sites for hydroxylation is 1. The standard InChI is InChI=1S/C14H19NO2/c16-13(8-7-12-2-1-9-17-12)15-14(10-3-4-10)11-5-6-11/h1-2,9-11,14H,3-8H2,(H,15,16). The van der Waals surface area contributed by atoms with Crippen LogP contribution in [0.25, 0.3) is 0 Å². The summed E-state index contributed by atoms with van der Waals surface area (Å²) in [7, 11) is 0. The summed E-state index contributed by atoms with van der Waals surface area (Å²) in [5.74, 6) is 2.63. The number of amides is 1. The van der Waals surface area contributed by atoms with Crippen molar-refractivity contribution in [3.8, 4) is 0 Å². The first kappa shape index (κ1) is 10.9. The fraction of sp³-hybridized carbons (Fsp3) is 0.643. The molecule has 2 saturated carbocycles. The van der Waals surface area contributed by atoms with Gasteiger partial charge in [-0.25, -0.2) is 0 Å². The Balaban J connectivity index is 1.45. The Morgan fingerprint density at radius 3 is 2.59 bits per heavy atom. The van der Waals surface area contributed by atoms with E-state index in [1.54, 1.807) is 6.26 Å². The van der Waals surface area contributed by atoms with E-state index < -0.39 is 0 Å². The van der Waals surface area contributed by atoms with Crippen molar-refractivity contribution in [1.82, 2.24) is 5.32 Å². The van der Waals surface area contributed by atoms with Crippen LogP contribution in [0, 0.1) is 11.8 Å². The molecular weight excluding hydrogens is 214 g/mol. The predicted molar refractivity (Wildman–Crippen MR) is 64.4 cm³/mol. The smallest absolute Gasteiger partial charge is 0.220 e. The molecule has 2 aliphatic carbocycles. The van der Waals surface area contributed by atoms with E-state index in [2.05, 4.69) is 5.32 Å². The molecule has 0 bridgehead atoms. The maximum absolute atomic E-state index is 11.9. The van der Waals surface area contributed by atoms with Crippen molar-refractivity contribution in [3.63, 3.8) is 0 Å². The van der Waals surface area contributed by atoms with E-state index in [9.17, 15) is 4.79 Å². The zero-order chi connectivity index (χ0) is 11.7. The molecule has 0 spiro atoms. The Labute approximate surface area is 102 Å². The van der Waals surface area contributed by atoms with Gasteiger partial charge in [0.1, 0.15) is 5.76 Å². The van der Waals surface area contributed by atoms with Gasteiger partial charge in [0.15, 0.2) is 0 Å². The third kappa shape index (κ3) is 2.90. The van der Waals surface area contributed by atoms with Gasteiger partial charge in [0, 0.05) is 18.9 Å². The van der Waals surface area contributed by atoms with Gasteiger partial charge in [-0.15, -0.1) is 0 Å². The summed E-state index contributed by atoms with van der Waals surface area (Å²) in [4.78, 5) is 11.9. The van der Waals surface area contributed by atoms with Crippen LogP contribution in [-0.4, -0.2) is 11.9 Å². The Morgan fingerprint density at radius 2 is 2.06 bits per heavy atom. The van der Waals surface area contributed by atoms with E-state index in [4.69, 9.17) is 4.42 Å². The van der Waals surface area contributed by atoms with Gasteiger partial charge in [0.25, 0.3) is 0 Å². The van der Waals surface area contributed by atoms with Crippen molar-refractivity contribution < 1.29 is 9.21 Å². The molecule has 92 valence electrons. The molecule has 0 radical (unpaired) electrons. The van der Waals surface area contributed by atoms with Gasteiger partial charge in [-0.3, -0.25) is 4.79 Å². The highest BCUT2D eigenvalue weighted by molar-refractivity contribution is 5.76. The van der Waals surface area contributed by atoms with E-state index in [0.717, 1.165) is 17.6 Å². The molecule has 3 heteroatoms. The molecule has 1 aromatic rings. The molecular formula is C14H19NO2. The Morgan fingerprint density at radius 1 is 1.35 bits per heavy atom. The topological polar surface area (TPSA) is 42.2 Å². The highest BCUT2D eigenvalue weighted by Gasteiger charge is 2.42. The number of carbonyl (C=O) groups excluding carboxylic acids is 1. The van der Waals surface area contributed by atoms with E-state index in [1.807, 2.05) is 12.1 Å². The first-order valence-electron chi connectivity index (χ1n) is 6.64. The molecule has 0 saturated heterocycles. The minimum absolute atomic E-state index is 0.185. The lowest BCUT2D eigenvalue weighted by atomic mass is 10.1. The normalized spacial score (nSPS) is 19.6. The van der Waals surface area contributed by atoms with E-state index in [1.165, 1.54) is 25.7 Å². The van der Waals surface area contributed by atoms with E-state index >= 15 is 0 Å². The molecule has 3 nitrogen and oxygen atoms in total. The summed E-state index contributed by atoms with van der Waals surface area (Å²) < 4.78 is 5.23. The monoisotopic (exact) mass is 233 g/mol. The van der Waals surface area contributed by atoms with Crippen molar-refractivity contribution in [2.75, 3.05) is 0 Å². The van der Waals surface area contributed by atoms with Crippen molar-refractivity contribution in [2.45, 2.75) is 44.6 Å². The number of hydrogen-bond donors (Lipinski definition) is 1. The average molecular weight is 233 g/mol. The lowest BCUT2D eigenvalue weighted by molar-refractivity contribution is -0.122. The van der Waals surface area contributed by atoms with Crippen LogP contribution in [0.2, 0.25) is 0 Å². The maximum atomic E-state index is 11.9. The van der Waals surface area contributed by atoms with E-state index in [-0.39, 0.29) is 5.91 Å². The quantitative estimate of drug-likeness (QED) is 0.820. The lowest BCUT2D eigenvalue weighted by Gasteiger charge is -2.17. The maximum Gasteiger partial charge on any atom is 0.220 e. The fourth-order valence-corrected chi connectivity index (χ4v) is 2.48. The summed E-state index contributed by atoms with van der Waals surface area (Å²) in [6.45, 7) is 0. The molecule has 2 aliphatic rings. The summed E-state index contributed by atoms with van der Waals surface area (Å²) in [5, 5.41) is 3.22. The van der Waals surface area contributed by atoms with Crippen LogP contribution in [-0.2, 0) is 11.2 Å². The van der Waals surface area contributed by atoms with Crippen molar-refractivity contribution in [3.05, 3.63) is 24.2 Å². The second-order valence-corrected chi connectivity index (χ2v) is 5.35. The van der Waals surface area contributed by atoms with Gasteiger partial charge in [0.2, 0.25) is 5.91 Å². The third-order valence-corrected chi connectivity index (χ3v) is 3.77. The Kier molecular flexibility index (Phi) is 2.91. The minimum atomic E-state index is 0.185. The number of carbonyl (C=O) groups is 1. The minimum Gasteiger partial charge on any atom is -0.469 e. The van der Waals surface area contributed by atoms with Gasteiger partial charge >= 0.3 is 0 Å². The van der Waals surface area contributed by atoms with Gasteiger partial charge < -0.3 is 9.73 Å². The molecule has 0 unspecified atom stereocenters. The molecule has 1 amide bonds. The summed E-state index contributed by atoms with van der Waals surface area (Å²) >= 11 is 0. The van der Waals surface area contributed by atoms with Crippen LogP contribution < -0.4 is 5.32 Å². The van der Waals surface area contributed by atoms with Crippen molar-refractivity contribution in [2.24, 2.45) is 11.8 Å². The fourth-order valence-electron chi connectivity index (χ4n) is 2.48. The molecule has 0 aromatic carbocycles. The van der Waals surface area contributed by atoms with Crippen molar-refractivity contribution in [1.29, 1.82) is 0 Å². The van der Waals surface area contributed by atoms with E-state index in [0.29, 0.717) is 18.9 Å². The summed E-state index contributed by atoms with van der Waals surface area (Å²) in [6.07, 6.45) is 8.13. The second kappa shape index (κ2) is 4.55. The van der Waals surface area contributed by atoms with Crippen LogP contribution >= 0.6 is 0 Å². The Hall–Kier alpha value is -1.25. The molecule has 2 fully saturated rings. The Bertz CT molecular complexity index is 365. The SMILES string of the molecule is O=C(CCc1ccco1)NC(C1CC1)C1CC1. The molecule has 3 rings (SSSR count). The van der Waals surface area contributed by atoms with Gasteiger partial charge in [-0.1, -0.05) is 0 Å².